The molecule has 0 bridgehead atoms. The van der Waals surface area contributed by atoms with Crippen molar-refractivity contribution in [3.63, 3.8) is 0 Å². The van der Waals surface area contributed by atoms with Gasteiger partial charge in [0.15, 0.2) is 0 Å². The maximum absolute atomic E-state index is 11.8. The summed E-state index contributed by atoms with van der Waals surface area (Å²) in [5, 5.41) is 6.25. The molecule has 2 fully saturated rings. The lowest BCUT2D eigenvalue weighted by atomic mass is 10.1. The van der Waals surface area contributed by atoms with Crippen LogP contribution in [-0.2, 0) is 9.59 Å². The van der Waals surface area contributed by atoms with E-state index < -0.39 is 0 Å². The summed E-state index contributed by atoms with van der Waals surface area (Å²) in [6.45, 7) is 2.85. The number of rotatable bonds is 3. The molecular weight excluding hydrogens is 218 g/mol. The molecule has 0 aromatic carbocycles. The summed E-state index contributed by atoms with van der Waals surface area (Å²) in [7, 11) is 0. The number of carbonyl (C=O) groups is 2. The van der Waals surface area contributed by atoms with Crippen LogP contribution in [-0.4, -0.2) is 48.9 Å². The normalized spacial score (nSPS) is 25.8. The SMILES string of the molecule is O=C(CN1CCCCC1=O)NC1CCCNC1. The predicted octanol–water partition coefficient (Wildman–Crippen LogP) is -0.133. The second kappa shape index (κ2) is 6.00. The van der Waals surface area contributed by atoms with Crippen molar-refractivity contribution in [3.05, 3.63) is 0 Å². The van der Waals surface area contributed by atoms with Crippen LogP contribution < -0.4 is 10.6 Å². The van der Waals surface area contributed by atoms with Crippen LogP contribution in [0.5, 0.6) is 0 Å². The van der Waals surface area contributed by atoms with Crippen molar-refractivity contribution < 1.29 is 9.59 Å². The van der Waals surface area contributed by atoms with E-state index in [1.165, 1.54) is 0 Å². The van der Waals surface area contributed by atoms with Gasteiger partial charge < -0.3 is 15.5 Å². The van der Waals surface area contributed by atoms with E-state index >= 15 is 0 Å². The Balaban J connectivity index is 1.74. The first kappa shape index (κ1) is 12.4. The van der Waals surface area contributed by atoms with Crippen molar-refractivity contribution >= 4 is 11.8 Å². The van der Waals surface area contributed by atoms with E-state index in [-0.39, 0.29) is 24.4 Å². The number of nitrogens with one attached hydrogen (secondary N) is 2. The summed E-state index contributed by atoms with van der Waals surface area (Å²) in [4.78, 5) is 25.0. The van der Waals surface area contributed by atoms with Gasteiger partial charge in [-0.2, -0.15) is 0 Å². The Morgan fingerprint density at radius 1 is 1.41 bits per heavy atom. The molecule has 1 unspecified atom stereocenters. The minimum atomic E-state index is -0.0195. The third-order valence-electron chi connectivity index (χ3n) is 3.42. The molecule has 17 heavy (non-hydrogen) atoms. The highest BCUT2D eigenvalue weighted by Gasteiger charge is 2.22. The van der Waals surface area contributed by atoms with Gasteiger partial charge in [-0.05, 0) is 32.2 Å². The Bertz CT molecular complexity index is 287. The molecule has 2 heterocycles. The Labute approximate surface area is 102 Å². The molecule has 5 nitrogen and oxygen atoms in total. The molecule has 5 heteroatoms. The zero-order valence-electron chi connectivity index (χ0n) is 10.2. The third kappa shape index (κ3) is 3.70. The number of amides is 2. The van der Waals surface area contributed by atoms with E-state index in [4.69, 9.17) is 0 Å². The van der Waals surface area contributed by atoms with Crippen LogP contribution in [0.1, 0.15) is 32.1 Å². The number of hydrogen-bond acceptors (Lipinski definition) is 3. The first-order valence-corrected chi connectivity index (χ1v) is 6.53. The van der Waals surface area contributed by atoms with Crippen molar-refractivity contribution in [2.45, 2.75) is 38.1 Å². The van der Waals surface area contributed by atoms with E-state index in [0.29, 0.717) is 6.42 Å². The largest absolute Gasteiger partial charge is 0.351 e. The molecule has 96 valence electrons. The van der Waals surface area contributed by atoms with Gasteiger partial charge in [-0.1, -0.05) is 0 Å². The maximum atomic E-state index is 11.8. The lowest BCUT2D eigenvalue weighted by Gasteiger charge is -2.28. The van der Waals surface area contributed by atoms with Gasteiger partial charge in [0.2, 0.25) is 11.8 Å². The fourth-order valence-electron chi connectivity index (χ4n) is 2.45. The maximum Gasteiger partial charge on any atom is 0.239 e. The minimum absolute atomic E-state index is 0.0195. The van der Waals surface area contributed by atoms with Crippen LogP contribution in [0.3, 0.4) is 0 Å². The molecule has 0 radical (unpaired) electrons. The lowest BCUT2D eigenvalue weighted by molar-refractivity contribution is -0.138. The highest BCUT2D eigenvalue weighted by atomic mass is 16.2. The van der Waals surface area contributed by atoms with Gasteiger partial charge in [0.25, 0.3) is 0 Å². The molecular formula is C12H21N3O2. The zero-order valence-corrected chi connectivity index (χ0v) is 10.2. The van der Waals surface area contributed by atoms with E-state index in [9.17, 15) is 9.59 Å². The highest BCUT2D eigenvalue weighted by molar-refractivity contribution is 5.85. The Hall–Kier alpha value is -1.10. The molecule has 2 amide bonds. The minimum Gasteiger partial charge on any atom is -0.351 e. The van der Waals surface area contributed by atoms with E-state index in [1.807, 2.05) is 0 Å². The molecule has 0 saturated carbocycles. The van der Waals surface area contributed by atoms with Crippen LogP contribution in [0.4, 0.5) is 0 Å². The summed E-state index contributed by atoms with van der Waals surface area (Å²) >= 11 is 0. The van der Waals surface area contributed by atoms with Crippen molar-refractivity contribution in [2.75, 3.05) is 26.2 Å². The van der Waals surface area contributed by atoms with Gasteiger partial charge in [-0.3, -0.25) is 9.59 Å². The first-order valence-electron chi connectivity index (χ1n) is 6.53. The van der Waals surface area contributed by atoms with Gasteiger partial charge in [-0.15, -0.1) is 0 Å². The Morgan fingerprint density at radius 2 is 2.29 bits per heavy atom. The number of nitrogens with zero attached hydrogens (tertiary/aromatic N) is 1. The van der Waals surface area contributed by atoms with Crippen LogP contribution in [0, 0.1) is 0 Å². The summed E-state index contributed by atoms with van der Waals surface area (Å²) in [5.74, 6) is 0.0992. The molecule has 0 spiro atoms. The van der Waals surface area contributed by atoms with E-state index in [2.05, 4.69) is 10.6 Å². The van der Waals surface area contributed by atoms with Gasteiger partial charge in [0.05, 0.1) is 6.54 Å². The Morgan fingerprint density at radius 3 is 3.00 bits per heavy atom. The zero-order chi connectivity index (χ0) is 12.1. The van der Waals surface area contributed by atoms with Crippen molar-refractivity contribution in [2.24, 2.45) is 0 Å². The molecule has 1 atom stereocenters. The summed E-state index contributed by atoms with van der Waals surface area (Å²) in [6, 6.07) is 0.233. The standard InChI is InChI=1S/C12H21N3O2/c16-11(14-10-4-3-6-13-8-10)9-15-7-2-1-5-12(15)17/h10,13H,1-9H2,(H,14,16). The van der Waals surface area contributed by atoms with Crippen LogP contribution in [0.15, 0.2) is 0 Å². The number of piperidine rings is 2. The smallest absolute Gasteiger partial charge is 0.239 e. The fraction of sp³-hybridized carbons (Fsp3) is 0.833. The molecule has 2 aliphatic heterocycles. The second-order valence-corrected chi connectivity index (χ2v) is 4.88. The van der Waals surface area contributed by atoms with Crippen LogP contribution >= 0.6 is 0 Å². The lowest BCUT2D eigenvalue weighted by Crippen LogP contribution is -2.50. The van der Waals surface area contributed by atoms with E-state index in [0.717, 1.165) is 45.3 Å². The van der Waals surface area contributed by atoms with Gasteiger partial charge in [-0.25, -0.2) is 0 Å². The van der Waals surface area contributed by atoms with Crippen LogP contribution in [0.2, 0.25) is 0 Å². The molecule has 0 aromatic heterocycles. The molecule has 0 aromatic rings. The monoisotopic (exact) mass is 239 g/mol. The van der Waals surface area contributed by atoms with Crippen molar-refractivity contribution in [1.82, 2.24) is 15.5 Å². The molecule has 2 aliphatic rings. The second-order valence-electron chi connectivity index (χ2n) is 4.88. The Kier molecular flexibility index (Phi) is 4.36. The van der Waals surface area contributed by atoms with Gasteiger partial charge in [0, 0.05) is 25.6 Å². The predicted molar refractivity (Wildman–Crippen MR) is 64.5 cm³/mol. The van der Waals surface area contributed by atoms with Crippen LogP contribution in [0.25, 0.3) is 0 Å². The van der Waals surface area contributed by atoms with Gasteiger partial charge >= 0.3 is 0 Å². The average Bonchev–Trinajstić information content (AvgIpc) is 2.33. The topological polar surface area (TPSA) is 61.4 Å². The molecule has 0 aliphatic carbocycles. The fourth-order valence-corrected chi connectivity index (χ4v) is 2.45. The summed E-state index contributed by atoms with van der Waals surface area (Å²) in [6.07, 6.45) is 4.71. The third-order valence-corrected chi connectivity index (χ3v) is 3.42. The molecule has 2 saturated heterocycles. The van der Waals surface area contributed by atoms with Gasteiger partial charge in [0.1, 0.15) is 0 Å². The van der Waals surface area contributed by atoms with Crippen molar-refractivity contribution in [3.8, 4) is 0 Å². The number of likely N-dealkylation sites (tertiary alicyclic amines) is 1. The number of hydrogen-bond donors (Lipinski definition) is 2. The first-order chi connectivity index (χ1) is 8.25. The number of carbonyl (C=O) groups excluding carboxylic acids is 2. The average molecular weight is 239 g/mol. The highest BCUT2D eigenvalue weighted by Crippen LogP contribution is 2.10. The molecule has 2 N–H and O–H groups in total. The quantitative estimate of drug-likeness (QED) is 0.721. The van der Waals surface area contributed by atoms with Crippen molar-refractivity contribution in [1.29, 1.82) is 0 Å². The van der Waals surface area contributed by atoms with E-state index in [1.54, 1.807) is 4.90 Å². The molecule has 2 rings (SSSR count). The summed E-state index contributed by atoms with van der Waals surface area (Å²) in [5.41, 5.74) is 0. The summed E-state index contributed by atoms with van der Waals surface area (Å²) < 4.78 is 0.